The molecule has 0 saturated carbocycles. The summed E-state index contributed by atoms with van der Waals surface area (Å²) in [5, 5.41) is 3.05. The first-order valence-electron chi connectivity index (χ1n) is 8.79. The smallest absolute Gasteiger partial charge is 0.262 e. The van der Waals surface area contributed by atoms with Crippen LogP contribution < -0.4 is 20.9 Å². The normalized spacial score (nSPS) is 10.5. The Morgan fingerprint density at radius 1 is 1.07 bits per heavy atom. The highest BCUT2D eigenvalue weighted by atomic mass is 16.5. The van der Waals surface area contributed by atoms with Crippen molar-refractivity contribution in [1.29, 1.82) is 0 Å². The molecule has 0 fully saturated rings. The number of hydrazine groups is 1. The van der Waals surface area contributed by atoms with E-state index in [4.69, 9.17) is 4.74 Å². The quantitative estimate of drug-likeness (QED) is 0.519. The lowest BCUT2D eigenvalue weighted by atomic mass is 10.1. The van der Waals surface area contributed by atoms with Crippen LogP contribution in [-0.4, -0.2) is 25.0 Å². The van der Waals surface area contributed by atoms with Crippen LogP contribution in [0.1, 0.15) is 23.6 Å². The van der Waals surface area contributed by atoms with Crippen molar-refractivity contribution in [3.63, 3.8) is 0 Å². The first-order chi connectivity index (χ1) is 13.0. The third-order valence-corrected chi connectivity index (χ3v) is 3.78. The minimum Gasteiger partial charge on any atom is -0.493 e. The largest absolute Gasteiger partial charge is 0.493 e. The molecular weight excluding hydrogens is 342 g/mol. The Morgan fingerprint density at radius 2 is 1.85 bits per heavy atom. The van der Waals surface area contributed by atoms with Crippen molar-refractivity contribution in [3.8, 4) is 5.75 Å². The van der Waals surface area contributed by atoms with E-state index in [-0.39, 0.29) is 12.5 Å². The van der Waals surface area contributed by atoms with Crippen LogP contribution in [0.4, 0.5) is 5.69 Å². The Bertz CT molecular complexity index is 831. The Balaban J connectivity index is 1.80. The molecule has 0 saturated heterocycles. The van der Waals surface area contributed by atoms with Crippen LogP contribution in [0.3, 0.4) is 0 Å². The number of para-hydroxylation sites is 1. The summed E-state index contributed by atoms with van der Waals surface area (Å²) in [5.74, 6) is -0.0710. The molecule has 0 spiro atoms. The maximum absolute atomic E-state index is 11.9. The zero-order chi connectivity index (χ0) is 19.6. The van der Waals surface area contributed by atoms with Crippen molar-refractivity contribution in [1.82, 2.24) is 10.9 Å². The van der Waals surface area contributed by atoms with Crippen LogP contribution in [0.25, 0.3) is 6.08 Å². The van der Waals surface area contributed by atoms with Crippen molar-refractivity contribution in [2.24, 2.45) is 0 Å². The van der Waals surface area contributed by atoms with E-state index >= 15 is 0 Å². The second-order valence-electron chi connectivity index (χ2n) is 6.01. The SMILES string of the molecule is CCOc1ccccc1/C=C/C(=O)NNC(=O)CNc1ccc(C)cc1C. The minimum absolute atomic E-state index is 0.0566. The molecule has 0 aliphatic rings. The van der Waals surface area contributed by atoms with E-state index in [0.717, 1.165) is 22.4 Å². The van der Waals surface area contributed by atoms with E-state index in [1.807, 2.05) is 63.2 Å². The Morgan fingerprint density at radius 3 is 2.59 bits per heavy atom. The zero-order valence-corrected chi connectivity index (χ0v) is 15.8. The molecule has 2 aromatic rings. The lowest BCUT2D eigenvalue weighted by Crippen LogP contribution is -2.43. The number of ether oxygens (including phenoxy) is 1. The molecule has 0 atom stereocenters. The van der Waals surface area contributed by atoms with Gasteiger partial charge in [0.15, 0.2) is 0 Å². The van der Waals surface area contributed by atoms with Gasteiger partial charge < -0.3 is 10.1 Å². The van der Waals surface area contributed by atoms with Crippen LogP contribution >= 0.6 is 0 Å². The van der Waals surface area contributed by atoms with E-state index in [9.17, 15) is 9.59 Å². The molecule has 27 heavy (non-hydrogen) atoms. The fraction of sp³-hybridized carbons (Fsp3) is 0.238. The van der Waals surface area contributed by atoms with Gasteiger partial charge in [0.2, 0.25) is 0 Å². The average Bonchev–Trinajstić information content (AvgIpc) is 2.65. The van der Waals surface area contributed by atoms with Crippen LogP contribution in [0.2, 0.25) is 0 Å². The maximum Gasteiger partial charge on any atom is 0.262 e. The number of aryl methyl sites for hydroxylation is 2. The van der Waals surface area contributed by atoms with Gasteiger partial charge in [-0.25, -0.2) is 0 Å². The molecule has 2 amide bonds. The molecule has 142 valence electrons. The Labute approximate surface area is 159 Å². The zero-order valence-electron chi connectivity index (χ0n) is 15.8. The highest BCUT2D eigenvalue weighted by molar-refractivity contribution is 5.93. The first kappa shape index (κ1) is 20.0. The summed E-state index contributed by atoms with van der Waals surface area (Å²) < 4.78 is 5.50. The van der Waals surface area contributed by atoms with E-state index in [0.29, 0.717) is 12.4 Å². The van der Waals surface area contributed by atoms with Gasteiger partial charge in [-0.15, -0.1) is 0 Å². The third kappa shape index (κ3) is 6.51. The fourth-order valence-electron chi connectivity index (χ4n) is 2.48. The van der Waals surface area contributed by atoms with Gasteiger partial charge in [0.1, 0.15) is 5.75 Å². The predicted molar refractivity (Wildman–Crippen MR) is 107 cm³/mol. The second-order valence-corrected chi connectivity index (χ2v) is 6.01. The number of hydrogen-bond donors (Lipinski definition) is 3. The molecule has 0 aliphatic heterocycles. The molecule has 0 unspecified atom stereocenters. The number of anilines is 1. The summed E-state index contributed by atoms with van der Waals surface area (Å²) in [5.41, 5.74) is 8.62. The van der Waals surface area contributed by atoms with Gasteiger partial charge in [-0.2, -0.15) is 0 Å². The average molecular weight is 367 g/mol. The van der Waals surface area contributed by atoms with E-state index < -0.39 is 5.91 Å². The summed E-state index contributed by atoms with van der Waals surface area (Å²) in [4.78, 5) is 23.8. The van der Waals surface area contributed by atoms with Crippen molar-refractivity contribution in [2.45, 2.75) is 20.8 Å². The molecule has 6 nitrogen and oxygen atoms in total. The van der Waals surface area contributed by atoms with Crippen molar-refractivity contribution in [3.05, 3.63) is 65.2 Å². The number of nitrogens with one attached hydrogen (secondary N) is 3. The summed E-state index contributed by atoms with van der Waals surface area (Å²) in [6.07, 6.45) is 2.98. The van der Waals surface area contributed by atoms with Gasteiger partial charge in [0.05, 0.1) is 13.2 Å². The lowest BCUT2D eigenvalue weighted by Gasteiger charge is -2.10. The first-order valence-corrected chi connectivity index (χ1v) is 8.79. The number of carbonyl (C=O) groups excluding carboxylic acids is 2. The summed E-state index contributed by atoms with van der Waals surface area (Å²) in [6, 6.07) is 13.3. The van der Waals surface area contributed by atoms with Gasteiger partial charge in [-0.1, -0.05) is 35.9 Å². The lowest BCUT2D eigenvalue weighted by molar-refractivity contribution is -0.125. The van der Waals surface area contributed by atoms with E-state index in [1.165, 1.54) is 6.08 Å². The van der Waals surface area contributed by atoms with E-state index in [2.05, 4.69) is 16.2 Å². The molecule has 6 heteroatoms. The number of rotatable bonds is 7. The minimum atomic E-state index is -0.429. The maximum atomic E-state index is 11.9. The van der Waals surface area contributed by atoms with E-state index in [1.54, 1.807) is 6.08 Å². The molecule has 0 radical (unpaired) electrons. The van der Waals surface area contributed by atoms with Crippen LogP contribution in [0.5, 0.6) is 5.75 Å². The summed E-state index contributed by atoms with van der Waals surface area (Å²) in [6.45, 7) is 6.48. The number of benzene rings is 2. The molecule has 0 bridgehead atoms. The standard InChI is InChI=1S/C21H25N3O3/c1-4-27-19-8-6-5-7-17(19)10-12-20(25)23-24-21(26)14-22-18-11-9-15(2)13-16(18)3/h5-13,22H,4,14H2,1-3H3,(H,23,25)(H,24,26)/b12-10+. The summed E-state index contributed by atoms with van der Waals surface area (Å²) in [7, 11) is 0. The Hall–Kier alpha value is -3.28. The molecular formula is C21H25N3O3. The molecule has 3 N–H and O–H groups in total. The van der Waals surface area contributed by atoms with Crippen LogP contribution in [-0.2, 0) is 9.59 Å². The third-order valence-electron chi connectivity index (χ3n) is 3.78. The van der Waals surface area contributed by atoms with Crippen LogP contribution in [0.15, 0.2) is 48.5 Å². The van der Waals surface area contributed by atoms with Crippen molar-refractivity contribution >= 4 is 23.6 Å². The molecule has 0 aliphatic carbocycles. The monoisotopic (exact) mass is 367 g/mol. The second kappa shape index (κ2) is 10.0. The van der Waals surface area contributed by atoms with Crippen molar-refractivity contribution in [2.75, 3.05) is 18.5 Å². The number of carbonyl (C=O) groups is 2. The molecule has 0 heterocycles. The highest BCUT2D eigenvalue weighted by Gasteiger charge is 2.05. The summed E-state index contributed by atoms with van der Waals surface area (Å²) >= 11 is 0. The molecule has 0 aromatic heterocycles. The van der Waals surface area contributed by atoms with Gasteiger partial charge in [0, 0.05) is 17.3 Å². The van der Waals surface area contributed by atoms with Crippen LogP contribution in [0, 0.1) is 13.8 Å². The topological polar surface area (TPSA) is 79.5 Å². The fourth-order valence-corrected chi connectivity index (χ4v) is 2.48. The Kier molecular flexibility index (Phi) is 7.43. The molecule has 2 rings (SSSR count). The number of hydrogen-bond acceptors (Lipinski definition) is 4. The van der Waals surface area contributed by atoms with Gasteiger partial charge in [-0.3, -0.25) is 20.4 Å². The van der Waals surface area contributed by atoms with Crippen molar-refractivity contribution < 1.29 is 14.3 Å². The van der Waals surface area contributed by atoms with Gasteiger partial charge in [0.25, 0.3) is 11.8 Å². The predicted octanol–water partition coefficient (Wildman–Crippen LogP) is 2.97. The van der Waals surface area contributed by atoms with Gasteiger partial charge in [-0.05, 0) is 44.5 Å². The molecule has 2 aromatic carbocycles. The highest BCUT2D eigenvalue weighted by Crippen LogP contribution is 2.19. The van der Waals surface area contributed by atoms with Gasteiger partial charge >= 0.3 is 0 Å². The number of amides is 2.